The topological polar surface area (TPSA) is 51.5 Å². The Kier molecular flexibility index (Phi) is 5.23. The van der Waals surface area contributed by atoms with Crippen LogP contribution in [0.2, 0.25) is 0 Å². The zero-order chi connectivity index (χ0) is 14.6. The normalized spacial score (nSPS) is 21.2. The minimum absolute atomic E-state index is 0.153. The summed E-state index contributed by atoms with van der Waals surface area (Å²) >= 11 is 0. The van der Waals surface area contributed by atoms with Gasteiger partial charge in [-0.3, -0.25) is 4.90 Å². The van der Waals surface area contributed by atoms with E-state index in [2.05, 4.69) is 15.5 Å². The van der Waals surface area contributed by atoms with Crippen molar-refractivity contribution in [3.8, 4) is 0 Å². The summed E-state index contributed by atoms with van der Waals surface area (Å²) in [4.78, 5) is 2.23. The maximum Gasteiger partial charge on any atom is 0.151 e. The Balaban J connectivity index is 2.03. The van der Waals surface area contributed by atoms with Crippen LogP contribution in [0.3, 0.4) is 0 Å². The molecule has 0 amide bonds. The lowest BCUT2D eigenvalue weighted by atomic mass is 10.1. The second-order valence-electron chi connectivity index (χ2n) is 5.32. The third-order valence-electron chi connectivity index (χ3n) is 3.77. The van der Waals surface area contributed by atoms with E-state index in [1.54, 1.807) is 0 Å². The van der Waals surface area contributed by atoms with Gasteiger partial charge in [0.05, 0.1) is 25.0 Å². The molecule has 2 heterocycles. The molecule has 0 bridgehead atoms. The average Bonchev–Trinajstić information content (AvgIpc) is 2.83. The molecule has 114 valence electrons. The van der Waals surface area contributed by atoms with Crippen molar-refractivity contribution in [1.29, 1.82) is 0 Å². The third-order valence-corrected chi connectivity index (χ3v) is 5.60. The van der Waals surface area contributed by atoms with Gasteiger partial charge in [-0.1, -0.05) is 6.92 Å². The van der Waals surface area contributed by atoms with Crippen LogP contribution in [0, 0.1) is 0 Å². The lowest BCUT2D eigenvalue weighted by Gasteiger charge is -2.35. The summed E-state index contributed by atoms with van der Waals surface area (Å²) in [5.41, 5.74) is 1.18. The number of hydrogen-bond acceptors (Lipinski definition) is 4. The quantitative estimate of drug-likeness (QED) is 0.793. The predicted molar refractivity (Wildman–Crippen MR) is 79.5 cm³/mol. The number of sulfone groups is 1. The van der Waals surface area contributed by atoms with Crippen LogP contribution in [0.15, 0.2) is 18.3 Å². The third kappa shape index (κ3) is 3.84. The average molecular weight is 300 g/mol. The molecule has 0 unspecified atom stereocenters. The van der Waals surface area contributed by atoms with Gasteiger partial charge in [0.25, 0.3) is 0 Å². The highest BCUT2D eigenvalue weighted by molar-refractivity contribution is 7.91. The number of ether oxygens (including phenoxy) is 1. The summed E-state index contributed by atoms with van der Waals surface area (Å²) in [6.07, 6.45) is 2.70. The molecule has 1 aliphatic heterocycles. The molecule has 2 rings (SSSR count). The molecule has 1 saturated heterocycles. The van der Waals surface area contributed by atoms with Crippen molar-refractivity contribution in [3.63, 3.8) is 0 Å². The molecule has 6 heteroatoms. The minimum Gasteiger partial charge on any atom is -0.378 e. The Morgan fingerprint density at radius 1 is 1.40 bits per heavy atom. The minimum atomic E-state index is -2.92. The van der Waals surface area contributed by atoms with Crippen LogP contribution in [0.4, 0.5) is 0 Å². The van der Waals surface area contributed by atoms with Crippen molar-refractivity contribution < 1.29 is 13.2 Å². The zero-order valence-corrected chi connectivity index (χ0v) is 13.1. The molecule has 0 saturated carbocycles. The zero-order valence-electron chi connectivity index (χ0n) is 12.3. The molecule has 0 radical (unpaired) electrons. The maximum atomic E-state index is 11.9. The van der Waals surface area contributed by atoms with Crippen LogP contribution < -0.4 is 0 Å². The SMILES string of the molecule is CCCS(=O)(=O)CCN1CCOC[C@@H]1c1cccn1C. The van der Waals surface area contributed by atoms with Crippen molar-refractivity contribution in [2.24, 2.45) is 7.05 Å². The lowest BCUT2D eigenvalue weighted by molar-refractivity contribution is -0.00787. The van der Waals surface area contributed by atoms with Gasteiger partial charge in [-0.25, -0.2) is 8.42 Å². The van der Waals surface area contributed by atoms with E-state index < -0.39 is 9.84 Å². The molecule has 20 heavy (non-hydrogen) atoms. The first kappa shape index (κ1) is 15.5. The highest BCUT2D eigenvalue weighted by Crippen LogP contribution is 2.24. The molecule has 1 atom stereocenters. The van der Waals surface area contributed by atoms with E-state index in [0.29, 0.717) is 26.2 Å². The Hall–Kier alpha value is -0.850. The molecule has 1 aliphatic rings. The van der Waals surface area contributed by atoms with Gasteiger partial charge in [0.1, 0.15) is 0 Å². The van der Waals surface area contributed by atoms with Crippen molar-refractivity contribution in [3.05, 3.63) is 24.0 Å². The van der Waals surface area contributed by atoms with E-state index in [-0.39, 0.29) is 17.5 Å². The fraction of sp³-hybridized carbons (Fsp3) is 0.714. The van der Waals surface area contributed by atoms with E-state index in [9.17, 15) is 8.42 Å². The summed E-state index contributed by atoms with van der Waals surface area (Å²) in [5.74, 6) is 0.522. The number of morpholine rings is 1. The number of aryl methyl sites for hydroxylation is 1. The van der Waals surface area contributed by atoms with Gasteiger partial charge in [-0.2, -0.15) is 0 Å². The van der Waals surface area contributed by atoms with Gasteiger partial charge in [-0.05, 0) is 18.6 Å². The number of nitrogens with zero attached hydrogens (tertiary/aromatic N) is 2. The molecular formula is C14H24N2O3S. The molecule has 1 fully saturated rings. The Bertz CT molecular complexity index is 524. The van der Waals surface area contributed by atoms with Gasteiger partial charge in [0, 0.05) is 37.8 Å². The molecular weight excluding hydrogens is 276 g/mol. The summed E-state index contributed by atoms with van der Waals surface area (Å²) < 4.78 is 31.4. The van der Waals surface area contributed by atoms with Crippen molar-refractivity contribution >= 4 is 9.84 Å². The maximum absolute atomic E-state index is 11.9. The van der Waals surface area contributed by atoms with Crippen molar-refractivity contribution in [2.75, 3.05) is 37.8 Å². The lowest BCUT2D eigenvalue weighted by Crippen LogP contribution is -2.42. The van der Waals surface area contributed by atoms with Crippen LogP contribution in [0.25, 0.3) is 0 Å². The molecule has 0 spiro atoms. The summed E-state index contributed by atoms with van der Waals surface area (Å²) in [5, 5.41) is 0. The predicted octanol–water partition coefficient (Wildman–Crippen LogP) is 1.22. The molecule has 5 nitrogen and oxygen atoms in total. The van der Waals surface area contributed by atoms with E-state index in [1.807, 2.05) is 26.2 Å². The number of rotatable bonds is 6. The van der Waals surface area contributed by atoms with E-state index >= 15 is 0 Å². The second kappa shape index (κ2) is 6.74. The van der Waals surface area contributed by atoms with Gasteiger partial charge >= 0.3 is 0 Å². The second-order valence-corrected chi connectivity index (χ2v) is 7.63. The Morgan fingerprint density at radius 3 is 2.85 bits per heavy atom. The Labute approximate surface area is 121 Å². The molecule has 0 aromatic carbocycles. The number of hydrogen-bond donors (Lipinski definition) is 0. The molecule has 1 aromatic heterocycles. The van der Waals surface area contributed by atoms with Gasteiger partial charge < -0.3 is 9.30 Å². The highest BCUT2D eigenvalue weighted by Gasteiger charge is 2.27. The largest absolute Gasteiger partial charge is 0.378 e. The van der Waals surface area contributed by atoms with E-state index in [0.717, 1.165) is 6.54 Å². The smallest absolute Gasteiger partial charge is 0.151 e. The molecule has 0 aliphatic carbocycles. The molecule has 1 aromatic rings. The standard InChI is InChI=1S/C14H24N2O3S/c1-3-10-20(17,18)11-8-16-7-9-19-12-14(16)13-5-4-6-15(13)2/h4-6,14H,3,7-12H2,1-2H3/t14-/m1/s1. The van der Waals surface area contributed by atoms with Crippen LogP contribution >= 0.6 is 0 Å². The van der Waals surface area contributed by atoms with Gasteiger partial charge in [0.15, 0.2) is 9.84 Å². The summed E-state index contributed by atoms with van der Waals surface area (Å²) in [6, 6.07) is 4.24. The van der Waals surface area contributed by atoms with Gasteiger partial charge in [-0.15, -0.1) is 0 Å². The first-order chi connectivity index (χ1) is 9.53. The van der Waals surface area contributed by atoms with Crippen molar-refractivity contribution in [1.82, 2.24) is 9.47 Å². The van der Waals surface area contributed by atoms with Crippen molar-refractivity contribution in [2.45, 2.75) is 19.4 Å². The molecule has 0 N–H and O–H groups in total. The van der Waals surface area contributed by atoms with Crippen LogP contribution in [-0.4, -0.2) is 55.7 Å². The van der Waals surface area contributed by atoms with Crippen LogP contribution in [-0.2, 0) is 21.6 Å². The number of aromatic nitrogens is 1. The van der Waals surface area contributed by atoms with E-state index in [4.69, 9.17) is 4.74 Å². The summed E-state index contributed by atoms with van der Waals surface area (Å²) in [6.45, 7) is 4.58. The summed E-state index contributed by atoms with van der Waals surface area (Å²) in [7, 11) is -0.913. The van der Waals surface area contributed by atoms with Crippen LogP contribution in [0.1, 0.15) is 25.1 Å². The monoisotopic (exact) mass is 300 g/mol. The first-order valence-electron chi connectivity index (χ1n) is 7.17. The van der Waals surface area contributed by atoms with E-state index in [1.165, 1.54) is 5.69 Å². The first-order valence-corrected chi connectivity index (χ1v) is 8.99. The Morgan fingerprint density at radius 2 is 2.20 bits per heavy atom. The fourth-order valence-electron chi connectivity index (χ4n) is 2.67. The van der Waals surface area contributed by atoms with Gasteiger partial charge in [0.2, 0.25) is 0 Å². The highest BCUT2D eigenvalue weighted by atomic mass is 32.2. The fourth-order valence-corrected chi connectivity index (χ4v) is 4.01. The van der Waals surface area contributed by atoms with Crippen LogP contribution in [0.5, 0.6) is 0 Å².